The van der Waals surface area contributed by atoms with E-state index in [4.69, 9.17) is 4.74 Å². The molecule has 2 aromatic carbocycles. The van der Waals surface area contributed by atoms with Crippen LogP contribution >= 0.6 is 0 Å². The van der Waals surface area contributed by atoms with Gasteiger partial charge >= 0.3 is 0 Å². The molecule has 21 heavy (non-hydrogen) atoms. The van der Waals surface area contributed by atoms with E-state index in [0.717, 1.165) is 34.0 Å². The number of para-hydroxylation sites is 2. The standard InChI is InChI=1S/C16H14N4O/c1-21-12-8-6-11(7-9-12)14-10-20-15-5-3-2-4-13(15)17-16(20)19-18-14/h2-9H,10H2,1H3,(H,17,19). The second kappa shape index (κ2) is 4.63. The molecular weight excluding hydrogens is 264 g/mol. The van der Waals surface area contributed by atoms with E-state index in [9.17, 15) is 0 Å². The summed E-state index contributed by atoms with van der Waals surface area (Å²) in [6.07, 6.45) is 0. The largest absolute Gasteiger partial charge is 0.497 e. The first-order valence-corrected chi connectivity index (χ1v) is 6.77. The van der Waals surface area contributed by atoms with Crippen molar-refractivity contribution in [1.82, 2.24) is 9.55 Å². The lowest BCUT2D eigenvalue weighted by molar-refractivity contribution is 0.415. The number of benzene rings is 2. The van der Waals surface area contributed by atoms with Gasteiger partial charge in [-0.15, -0.1) is 0 Å². The Kier molecular flexibility index (Phi) is 2.64. The molecule has 5 nitrogen and oxygen atoms in total. The average Bonchev–Trinajstić information content (AvgIpc) is 2.93. The van der Waals surface area contributed by atoms with E-state index in [0.29, 0.717) is 6.54 Å². The van der Waals surface area contributed by atoms with Gasteiger partial charge in [-0.2, -0.15) is 5.10 Å². The van der Waals surface area contributed by atoms with Crippen LogP contribution in [0, 0.1) is 0 Å². The van der Waals surface area contributed by atoms with Gasteiger partial charge in [0.15, 0.2) is 0 Å². The van der Waals surface area contributed by atoms with E-state index >= 15 is 0 Å². The molecule has 0 saturated carbocycles. The third-order valence-corrected chi connectivity index (χ3v) is 3.68. The third-order valence-electron chi connectivity index (χ3n) is 3.68. The fraction of sp³-hybridized carbons (Fsp3) is 0.125. The Balaban J connectivity index is 1.72. The van der Waals surface area contributed by atoms with Crippen LogP contribution < -0.4 is 10.2 Å². The van der Waals surface area contributed by atoms with E-state index < -0.39 is 0 Å². The Labute approximate surface area is 121 Å². The number of nitrogens with one attached hydrogen (secondary N) is 1. The summed E-state index contributed by atoms with van der Waals surface area (Å²) in [6, 6.07) is 16.0. The molecule has 0 amide bonds. The Hall–Kier alpha value is -2.82. The summed E-state index contributed by atoms with van der Waals surface area (Å²) >= 11 is 0. The van der Waals surface area contributed by atoms with Crippen LogP contribution in [0.15, 0.2) is 53.6 Å². The number of hydrogen-bond donors (Lipinski definition) is 1. The molecule has 1 aliphatic heterocycles. The number of imidazole rings is 1. The summed E-state index contributed by atoms with van der Waals surface area (Å²) in [7, 11) is 1.67. The molecule has 0 saturated heterocycles. The first-order chi connectivity index (χ1) is 10.3. The van der Waals surface area contributed by atoms with Crippen molar-refractivity contribution < 1.29 is 4.74 Å². The zero-order valence-corrected chi connectivity index (χ0v) is 11.6. The number of methoxy groups -OCH3 is 1. The summed E-state index contributed by atoms with van der Waals surface area (Å²) in [5.41, 5.74) is 7.18. The number of fused-ring (bicyclic) bond motifs is 3. The van der Waals surface area contributed by atoms with Crippen molar-refractivity contribution in [2.24, 2.45) is 5.10 Å². The van der Waals surface area contributed by atoms with Gasteiger partial charge in [-0.3, -0.25) is 0 Å². The van der Waals surface area contributed by atoms with Crippen molar-refractivity contribution in [3.05, 3.63) is 54.1 Å². The van der Waals surface area contributed by atoms with Gasteiger partial charge in [0.2, 0.25) is 5.95 Å². The van der Waals surface area contributed by atoms with Crippen LogP contribution in [0.5, 0.6) is 5.75 Å². The molecule has 0 bridgehead atoms. The Morgan fingerprint density at radius 1 is 1.10 bits per heavy atom. The Morgan fingerprint density at radius 2 is 1.90 bits per heavy atom. The topological polar surface area (TPSA) is 51.4 Å². The lowest BCUT2D eigenvalue weighted by Crippen LogP contribution is -2.20. The van der Waals surface area contributed by atoms with Crippen LogP contribution in [-0.2, 0) is 6.54 Å². The third kappa shape index (κ3) is 1.94. The van der Waals surface area contributed by atoms with Crippen molar-refractivity contribution >= 4 is 22.7 Å². The van der Waals surface area contributed by atoms with E-state index in [1.54, 1.807) is 7.11 Å². The van der Waals surface area contributed by atoms with Crippen LogP contribution in [0.2, 0.25) is 0 Å². The molecule has 0 spiro atoms. The maximum Gasteiger partial charge on any atom is 0.225 e. The first-order valence-electron chi connectivity index (χ1n) is 6.77. The summed E-state index contributed by atoms with van der Waals surface area (Å²) < 4.78 is 7.33. The molecule has 2 heterocycles. The highest BCUT2D eigenvalue weighted by Crippen LogP contribution is 2.23. The molecule has 0 unspecified atom stereocenters. The minimum Gasteiger partial charge on any atom is -0.497 e. The van der Waals surface area contributed by atoms with Crippen LogP contribution in [-0.4, -0.2) is 22.4 Å². The van der Waals surface area contributed by atoms with Gasteiger partial charge in [-0.05, 0) is 42.0 Å². The Morgan fingerprint density at radius 3 is 2.71 bits per heavy atom. The van der Waals surface area contributed by atoms with Gasteiger partial charge in [0, 0.05) is 0 Å². The minimum atomic E-state index is 0.704. The number of rotatable bonds is 2. The monoisotopic (exact) mass is 278 g/mol. The van der Waals surface area contributed by atoms with Gasteiger partial charge in [-0.1, -0.05) is 12.1 Å². The maximum atomic E-state index is 5.19. The number of hydrogen-bond acceptors (Lipinski definition) is 4. The van der Waals surface area contributed by atoms with Crippen molar-refractivity contribution in [2.75, 3.05) is 12.5 Å². The predicted molar refractivity (Wildman–Crippen MR) is 82.9 cm³/mol. The molecule has 5 heteroatoms. The van der Waals surface area contributed by atoms with Gasteiger partial charge < -0.3 is 9.30 Å². The van der Waals surface area contributed by atoms with Crippen LogP contribution in [0.25, 0.3) is 11.0 Å². The summed E-state index contributed by atoms with van der Waals surface area (Å²) in [6.45, 7) is 0.704. The van der Waals surface area contributed by atoms with Gasteiger partial charge in [0.25, 0.3) is 0 Å². The van der Waals surface area contributed by atoms with Crippen LogP contribution in [0.3, 0.4) is 0 Å². The normalized spacial score (nSPS) is 13.5. The van der Waals surface area contributed by atoms with Gasteiger partial charge in [-0.25, -0.2) is 10.4 Å². The average molecular weight is 278 g/mol. The van der Waals surface area contributed by atoms with Crippen molar-refractivity contribution in [3.63, 3.8) is 0 Å². The second-order valence-electron chi connectivity index (χ2n) is 4.91. The number of anilines is 1. The first kappa shape index (κ1) is 12.0. The number of aromatic nitrogens is 2. The lowest BCUT2D eigenvalue weighted by Gasteiger charge is -2.16. The summed E-state index contributed by atoms with van der Waals surface area (Å²) in [5, 5.41) is 4.43. The van der Waals surface area contributed by atoms with E-state index in [-0.39, 0.29) is 0 Å². The Bertz CT molecular complexity index is 833. The number of ether oxygens (including phenoxy) is 1. The number of hydrazone groups is 1. The molecule has 104 valence electrons. The second-order valence-corrected chi connectivity index (χ2v) is 4.91. The maximum absolute atomic E-state index is 5.19. The molecule has 1 aliphatic rings. The molecule has 0 fully saturated rings. The lowest BCUT2D eigenvalue weighted by atomic mass is 10.1. The fourth-order valence-electron chi connectivity index (χ4n) is 2.56. The zero-order valence-electron chi connectivity index (χ0n) is 11.6. The van der Waals surface area contributed by atoms with Crippen molar-refractivity contribution in [1.29, 1.82) is 0 Å². The molecule has 1 aromatic heterocycles. The van der Waals surface area contributed by atoms with Crippen molar-refractivity contribution in [2.45, 2.75) is 6.54 Å². The van der Waals surface area contributed by atoms with Crippen LogP contribution in [0.4, 0.5) is 5.95 Å². The minimum absolute atomic E-state index is 0.704. The zero-order chi connectivity index (χ0) is 14.2. The fourth-order valence-corrected chi connectivity index (χ4v) is 2.56. The highest BCUT2D eigenvalue weighted by molar-refractivity contribution is 6.02. The quantitative estimate of drug-likeness (QED) is 0.784. The highest BCUT2D eigenvalue weighted by Gasteiger charge is 2.17. The molecule has 0 aliphatic carbocycles. The molecule has 0 radical (unpaired) electrons. The van der Waals surface area contributed by atoms with E-state index in [2.05, 4.69) is 26.1 Å². The SMILES string of the molecule is COc1ccc(C2=NNc3nc4ccccc4n3C2)cc1. The molecule has 4 rings (SSSR count). The summed E-state index contributed by atoms with van der Waals surface area (Å²) in [5.74, 6) is 1.63. The van der Waals surface area contributed by atoms with E-state index in [1.807, 2.05) is 42.5 Å². The smallest absolute Gasteiger partial charge is 0.225 e. The highest BCUT2D eigenvalue weighted by atomic mass is 16.5. The van der Waals surface area contributed by atoms with Gasteiger partial charge in [0.1, 0.15) is 5.75 Å². The van der Waals surface area contributed by atoms with Gasteiger partial charge in [0.05, 0.1) is 30.4 Å². The predicted octanol–water partition coefficient (Wildman–Crippen LogP) is 2.87. The molecule has 1 N–H and O–H groups in total. The van der Waals surface area contributed by atoms with E-state index in [1.165, 1.54) is 0 Å². The summed E-state index contributed by atoms with van der Waals surface area (Å²) in [4.78, 5) is 4.53. The molecular formula is C16H14N4O. The van der Waals surface area contributed by atoms with Crippen molar-refractivity contribution in [3.8, 4) is 5.75 Å². The number of nitrogens with zero attached hydrogens (tertiary/aromatic N) is 3. The molecule has 3 aromatic rings. The van der Waals surface area contributed by atoms with Crippen LogP contribution in [0.1, 0.15) is 5.56 Å². The molecule has 0 atom stereocenters.